The average molecular weight is 392 g/mol. The second-order valence-electron chi connectivity index (χ2n) is 4.57. The molecule has 0 aliphatic carbocycles. The second kappa shape index (κ2) is 7.29. The normalized spacial score (nSPS) is 11.7. The van der Waals surface area contributed by atoms with Crippen molar-refractivity contribution in [3.05, 3.63) is 74.6 Å². The fourth-order valence-electron chi connectivity index (χ4n) is 1.69. The number of amides is 1. The van der Waals surface area contributed by atoms with Gasteiger partial charge in [0.2, 0.25) is 0 Å². The molecule has 0 aromatic heterocycles. The molecule has 0 spiro atoms. The Kier molecular flexibility index (Phi) is 5.58. The average Bonchev–Trinajstić information content (AvgIpc) is 2.45. The number of rotatable bonds is 4. The van der Waals surface area contributed by atoms with Gasteiger partial charge in [0.1, 0.15) is 11.6 Å². The molecule has 0 aliphatic heterocycles. The van der Waals surface area contributed by atoms with Crippen LogP contribution < -0.4 is 4.72 Å². The highest BCUT2D eigenvalue weighted by atomic mass is 35.5. The fraction of sp³-hybridized carbons (Fsp3) is 0. The molecule has 0 radical (unpaired) electrons. The number of halogens is 4. The Morgan fingerprint density at radius 3 is 2.42 bits per heavy atom. The monoisotopic (exact) mass is 391 g/mol. The van der Waals surface area contributed by atoms with Crippen molar-refractivity contribution >= 4 is 45.2 Å². The van der Waals surface area contributed by atoms with Crippen LogP contribution in [0.15, 0.2) is 41.8 Å². The summed E-state index contributed by atoms with van der Waals surface area (Å²) < 4.78 is 51.7. The summed E-state index contributed by atoms with van der Waals surface area (Å²) in [5.74, 6) is -2.70. The van der Waals surface area contributed by atoms with Crippen LogP contribution in [0.1, 0.15) is 15.9 Å². The molecule has 0 atom stereocenters. The van der Waals surface area contributed by atoms with Crippen LogP contribution in [0.25, 0.3) is 6.08 Å². The Bertz CT molecular complexity index is 930. The highest BCUT2D eigenvalue weighted by molar-refractivity contribution is 7.93. The van der Waals surface area contributed by atoms with Gasteiger partial charge in [-0.2, -0.15) is 0 Å². The van der Waals surface area contributed by atoms with E-state index >= 15 is 0 Å². The van der Waals surface area contributed by atoms with Gasteiger partial charge in [0.15, 0.2) is 0 Å². The molecule has 0 aliphatic rings. The zero-order valence-electron chi connectivity index (χ0n) is 11.8. The van der Waals surface area contributed by atoms with E-state index in [0.717, 1.165) is 18.2 Å². The molecule has 0 bridgehead atoms. The summed E-state index contributed by atoms with van der Waals surface area (Å²) in [5, 5.41) is 0.847. The second-order valence-corrected chi connectivity index (χ2v) is 6.98. The summed E-state index contributed by atoms with van der Waals surface area (Å²) >= 11 is 11.5. The van der Waals surface area contributed by atoms with Crippen LogP contribution in [0, 0.1) is 11.6 Å². The molecule has 2 aromatic rings. The summed E-state index contributed by atoms with van der Waals surface area (Å²) in [6, 6.07) is 6.57. The van der Waals surface area contributed by atoms with Gasteiger partial charge in [0, 0.05) is 16.7 Å². The van der Waals surface area contributed by atoms with Gasteiger partial charge in [-0.3, -0.25) is 4.79 Å². The van der Waals surface area contributed by atoms with E-state index < -0.39 is 27.6 Å². The molecule has 0 fully saturated rings. The van der Waals surface area contributed by atoms with Crippen molar-refractivity contribution in [3.8, 4) is 0 Å². The van der Waals surface area contributed by atoms with Crippen LogP contribution in [-0.4, -0.2) is 14.3 Å². The zero-order valence-corrected chi connectivity index (χ0v) is 14.1. The fourth-order valence-corrected chi connectivity index (χ4v) is 2.95. The molecule has 0 saturated heterocycles. The quantitative estimate of drug-likeness (QED) is 0.856. The van der Waals surface area contributed by atoms with Crippen molar-refractivity contribution in [3.63, 3.8) is 0 Å². The van der Waals surface area contributed by atoms with Crippen LogP contribution in [0.2, 0.25) is 10.0 Å². The van der Waals surface area contributed by atoms with Gasteiger partial charge in [-0.05, 0) is 36.4 Å². The lowest BCUT2D eigenvalue weighted by atomic mass is 10.2. The Morgan fingerprint density at radius 1 is 1.08 bits per heavy atom. The molecule has 2 aromatic carbocycles. The number of carbonyl (C=O) groups excluding carboxylic acids is 1. The molecule has 0 heterocycles. The molecule has 0 unspecified atom stereocenters. The molecular formula is C15H9Cl2F2NO3S. The highest BCUT2D eigenvalue weighted by Gasteiger charge is 2.16. The van der Waals surface area contributed by atoms with Gasteiger partial charge in [0.25, 0.3) is 15.9 Å². The molecule has 9 heteroatoms. The van der Waals surface area contributed by atoms with Gasteiger partial charge in [-0.1, -0.05) is 23.2 Å². The van der Waals surface area contributed by atoms with Crippen LogP contribution in [0.3, 0.4) is 0 Å². The zero-order chi connectivity index (χ0) is 17.9. The van der Waals surface area contributed by atoms with Gasteiger partial charge in [0.05, 0.1) is 16.0 Å². The van der Waals surface area contributed by atoms with Gasteiger partial charge in [-0.15, -0.1) is 0 Å². The molecule has 24 heavy (non-hydrogen) atoms. The van der Waals surface area contributed by atoms with Gasteiger partial charge in [-0.25, -0.2) is 21.9 Å². The van der Waals surface area contributed by atoms with E-state index in [1.54, 1.807) is 4.72 Å². The van der Waals surface area contributed by atoms with Crippen LogP contribution in [0.4, 0.5) is 8.78 Å². The Morgan fingerprint density at radius 2 is 1.79 bits per heavy atom. The van der Waals surface area contributed by atoms with Crippen molar-refractivity contribution in [2.75, 3.05) is 0 Å². The Labute approximate surface area is 146 Å². The van der Waals surface area contributed by atoms with Gasteiger partial charge >= 0.3 is 0 Å². The molecular weight excluding hydrogens is 383 g/mol. The summed E-state index contributed by atoms with van der Waals surface area (Å²) in [6.07, 6.45) is 0.897. The van der Waals surface area contributed by atoms with E-state index in [0.29, 0.717) is 11.5 Å². The summed E-state index contributed by atoms with van der Waals surface area (Å²) in [6.45, 7) is 0. The first-order chi connectivity index (χ1) is 11.2. The lowest BCUT2D eigenvalue weighted by molar-refractivity contribution is 0.0982. The Balaban J connectivity index is 2.18. The number of hydrogen-bond acceptors (Lipinski definition) is 3. The molecule has 126 valence electrons. The number of carbonyl (C=O) groups is 1. The largest absolute Gasteiger partial charge is 0.268 e. The third-order valence-electron chi connectivity index (χ3n) is 2.80. The first-order valence-corrected chi connectivity index (χ1v) is 8.63. The minimum absolute atomic E-state index is 0.0243. The predicted molar refractivity (Wildman–Crippen MR) is 88.2 cm³/mol. The molecule has 0 saturated carbocycles. The number of benzene rings is 2. The number of hydrogen-bond donors (Lipinski definition) is 1. The standard InChI is InChI=1S/C15H9Cl2F2NO3S/c16-10-2-4-12(13(17)7-10)15(21)20-24(22,23)6-5-9-1-3-11(18)8-14(9)19/h1-8H,(H,20,21). The van der Waals surface area contributed by atoms with Crippen LogP contribution >= 0.6 is 23.2 Å². The SMILES string of the molecule is O=C(NS(=O)(=O)C=Cc1ccc(F)cc1F)c1ccc(Cl)cc1Cl. The minimum Gasteiger partial charge on any atom is -0.268 e. The number of nitrogens with one attached hydrogen (secondary N) is 1. The number of sulfonamides is 1. The molecule has 2 rings (SSSR count). The highest BCUT2D eigenvalue weighted by Crippen LogP contribution is 2.21. The summed E-state index contributed by atoms with van der Waals surface area (Å²) in [4.78, 5) is 11.9. The van der Waals surface area contributed by atoms with E-state index in [1.165, 1.54) is 18.2 Å². The third kappa shape index (κ3) is 4.77. The van der Waals surface area contributed by atoms with E-state index in [1.807, 2.05) is 0 Å². The third-order valence-corrected chi connectivity index (χ3v) is 4.31. The van der Waals surface area contributed by atoms with Crippen molar-refractivity contribution in [1.82, 2.24) is 4.72 Å². The topological polar surface area (TPSA) is 63.2 Å². The molecule has 4 nitrogen and oxygen atoms in total. The maximum Gasteiger partial charge on any atom is 0.266 e. The van der Waals surface area contributed by atoms with Crippen molar-refractivity contribution < 1.29 is 22.0 Å². The van der Waals surface area contributed by atoms with Crippen molar-refractivity contribution in [2.24, 2.45) is 0 Å². The van der Waals surface area contributed by atoms with E-state index in [-0.39, 0.29) is 21.2 Å². The first-order valence-electron chi connectivity index (χ1n) is 6.33. The molecule has 1 amide bonds. The lowest BCUT2D eigenvalue weighted by Crippen LogP contribution is -2.29. The Hall–Kier alpha value is -1.96. The maximum atomic E-state index is 13.4. The molecule has 1 N–H and O–H groups in total. The first kappa shape index (κ1) is 18.4. The van der Waals surface area contributed by atoms with E-state index in [9.17, 15) is 22.0 Å². The summed E-state index contributed by atoms with van der Waals surface area (Å²) in [5.41, 5.74) is -0.246. The van der Waals surface area contributed by atoms with Gasteiger partial charge < -0.3 is 0 Å². The smallest absolute Gasteiger partial charge is 0.266 e. The van der Waals surface area contributed by atoms with E-state index in [2.05, 4.69) is 0 Å². The van der Waals surface area contributed by atoms with Crippen molar-refractivity contribution in [2.45, 2.75) is 0 Å². The summed E-state index contributed by atoms with van der Waals surface area (Å²) in [7, 11) is -4.21. The van der Waals surface area contributed by atoms with Crippen LogP contribution in [0.5, 0.6) is 0 Å². The van der Waals surface area contributed by atoms with E-state index in [4.69, 9.17) is 23.2 Å². The maximum absolute atomic E-state index is 13.4. The predicted octanol–water partition coefficient (Wildman–Crippen LogP) is 4.00. The lowest BCUT2D eigenvalue weighted by Gasteiger charge is -2.05. The minimum atomic E-state index is -4.21. The van der Waals surface area contributed by atoms with Crippen LogP contribution in [-0.2, 0) is 10.0 Å². The van der Waals surface area contributed by atoms with Crippen molar-refractivity contribution in [1.29, 1.82) is 0 Å².